The number of benzene rings is 1. The van der Waals surface area contributed by atoms with Crippen LogP contribution in [0.15, 0.2) is 36.5 Å². The number of rotatable bonds is 10. The Labute approximate surface area is 233 Å². The number of amides is 1. The van der Waals surface area contributed by atoms with Crippen molar-refractivity contribution in [2.45, 2.75) is 31.5 Å². The summed E-state index contributed by atoms with van der Waals surface area (Å²) in [4.78, 5) is 33.6. The first kappa shape index (κ1) is 28.1. The number of nitrogens with one attached hydrogen (secondary N) is 2. The highest BCUT2D eigenvalue weighted by atomic mass is 19.1. The molecule has 2 aromatic heterocycles. The molecule has 2 aliphatic heterocycles. The van der Waals surface area contributed by atoms with Gasteiger partial charge in [-0.05, 0) is 64.3 Å². The summed E-state index contributed by atoms with van der Waals surface area (Å²) in [6.07, 6.45) is 2.94. The number of halogens is 1. The molecule has 2 saturated heterocycles. The Balaban J connectivity index is 1.52. The normalized spacial score (nSPS) is 22.0. The van der Waals surface area contributed by atoms with E-state index >= 15 is 0 Å². The second kappa shape index (κ2) is 12.8. The minimum atomic E-state index is -0.560. The van der Waals surface area contributed by atoms with Gasteiger partial charge in [-0.15, -0.1) is 0 Å². The van der Waals surface area contributed by atoms with Crippen LogP contribution < -0.4 is 5.32 Å². The number of hydrogen-bond donors (Lipinski definition) is 2. The molecule has 40 heavy (non-hydrogen) atoms. The van der Waals surface area contributed by atoms with Gasteiger partial charge in [0.15, 0.2) is 0 Å². The summed E-state index contributed by atoms with van der Waals surface area (Å²) >= 11 is 0. The largest absolute Gasteiger partial charge is 0.366 e. The summed E-state index contributed by atoms with van der Waals surface area (Å²) in [5, 5.41) is 3.28. The van der Waals surface area contributed by atoms with Gasteiger partial charge < -0.3 is 34.3 Å². The monoisotopic (exact) mass is 553 g/mol. The number of aromatic amines is 1. The molecule has 2 fully saturated rings. The van der Waals surface area contributed by atoms with Crippen LogP contribution in [0, 0.1) is 11.7 Å². The third-order valence-electron chi connectivity index (χ3n) is 7.20. The van der Waals surface area contributed by atoms with Crippen LogP contribution in [-0.4, -0.2) is 102 Å². The minimum Gasteiger partial charge on any atom is -0.366 e. The number of ether oxygens (including phenoxy) is 3. The quantitative estimate of drug-likeness (QED) is 0.289. The highest BCUT2D eigenvalue weighted by Crippen LogP contribution is 2.38. The van der Waals surface area contributed by atoms with E-state index in [0.717, 1.165) is 31.5 Å². The van der Waals surface area contributed by atoms with E-state index in [2.05, 4.69) is 20.2 Å². The number of nitrogens with zero attached hydrogens (tertiary/aromatic N) is 5. The number of anilines is 1. The average Bonchev–Trinajstić information content (AvgIpc) is 3.41. The van der Waals surface area contributed by atoms with E-state index in [0.29, 0.717) is 48.7 Å². The molecule has 3 aromatic rings. The predicted molar refractivity (Wildman–Crippen MR) is 147 cm³/mol. The molecule has 3 atom stereocenters. The lowest BCUT2D eigenvalue weighted by Gasteiger charge is -2.46. The molecule has 5 rings (SSSR count). The Morgan fingerprint density at radius 1 is 1.15 bits per heavy atom. The van der Waals surface area contributed by atoms with Crippen LogP contribution in [0.1, 0.15) is 25.3 Å². The zero-order valence-corrected chi connectivity index (χ0v) is 23.0. The van der Waals surface area contributed by atoms with Crippen molar-refractivity contribution in [1.82, 2.24) is 29.7 Å². The molecular weight excluding hydrogens is 517 g/mol. The lowest BCUT2D eigenvalue weighted by atomic mass is 9.91. The topological polar surface area (TPSA) is 118 Å². The van der Waals surface area contributed by atoms with Crippen molar-refractivity contribution >= 4 is 12.4 Å². The molecule has 0 radical (unpaired) electrons. The van der Waals surface area contributed by atoms with Gasteiger partial charge in [0.25, 0.3) is 0 Å². The molecule has 214 valence electrons. The highest BCUT2D eigenvalue weighted by Gasteiger charge is 2.44. The predicted octanol–water partition coefficient (Wildman–Crippen LogP) is 2.94. The Hall–Kier alpha value is -3.45. The van der Waals surface area contributed by atoms with Gasteiger partial charge in [-0.25, -0.2) is 19.3 Å². The van der Waals surface area contributed by atoms with Crippen LogP contribution >= 0.6 is 0 Å². The average molecular weight is 554 g/mol. The molecule has 2 N–H and O–H groups in total. The Bertz CT molecular complexity index is 1270. The van der Waals surface area contributed by atoms with Gasteiger partial charge in [-0.3, -0.25) is 4.79 Å². The third-order valence-corrected chi connectivity index (χ3v) is 7.20. The van der Waals surface area contributed by atoms with E-state index in [1.807, 2.05) is 21.0 Å². The van der Waals surface area contributed by atoms with E-state index in [1.54, 1.807) is 29.3 Å². The van der Waals surface area contributed by atoms with Crippen molar-refractivity contribution in [1.29, 1.82) is 0 Å². The van der Waals surface area contributed by atoms with E-state index in [1.165, 1.54) is 12.1 Å². The maximum Gasteiger partial charge on any atom is 0.223 e. The van der Waals surface area contributed by atoms with Crippen LogP contribution in [0.5, 0.6) is 0 Å². The summed E-state index contributed by atoms with van der Waals surface area (Å²) in [6.45, 7) is 5.08. The molecule has 11 nitrogen and oxygen atoms in total. The Kier molecular flexibility index (Phi) is 9.00. The van der Waals surface area contributed by atoms with Crippen molar-refractivity contribution in [3.63, 3.8) is 0 Å². The molecule has 4 heterocycles. The van der Waals surface area contributed by atoms with Crippen molar-refractivity contribution in [2.75, 3.05) is 59.1 Å². The molecule has 0 aliphatic carbocycles. The van der Waals surface area contributed by atoms with Crippen LogP contribution in [0.25, 0.3) is 22.6 Å². The Morgan fingerprint density at radius 2 is 1.93 bits per heavy atom. The lowest BCUT2D eigenvalue weighted by Crippen LogP contribution is -2.57. The summed E-state index contributed by atoms with van der Waals surface area (Å²) in [5.74, 6) is 0.604. The number of hydrogen-bond acceptors (Lipinski definition) is 9. The zero-order chi connectivity index (χ0) is 28.1. The van der Waals surface area contributed by atoms with Crippen LogP contribution in [0.3, 0.4) is 0 Å². The number of carbonyl (C=O) groups excluding carboxylic acids is 1. The van der Waals surface area contributed by atoms with Gasteiger partial charge in [-0.2, -0.15) is 0 Å². The number of carbonyl (C=O) groups is 1. The molecule has 1 aromatic carbocycles. The van der Waals surface area contributed by atoms with Crippen LogP contribution in [0.4, 0.5) is 10.3 Å². The van der Waals surface area contributed by atoms with E-state index in [-0.39, 0.29) is 30.6 Å². The van der Waals surface area contributed by atoms with E-state index < -0.39 is 6.10 Å². The minimum absolute atomic E-state index is 0.105. The molecule has 3 unspecified atom stereocenters. The molecule has 0 spiro atoms. The fraction of sp³-hybridized carbons (Fsp3) is 0.500. The third kappa shape index (κ3) is 6.30. The number of aromatic nitrogens is 4. The maximum atomic E-state index is 13.8. The van der Waals surface area contributed by atoms with Crippen molar-refractivity contribution in [3.05, 3.63) is 48.2 Å². The first-order valence-electron chi connectivity index (χ1n) is 13.5. The first-order chi connectivity index (χ1) is 19.4. The summed E-state index contributed by atoms with van der Waals surface area (Å²) in [5.41, 5.74) is 2.59. The summed E-state index contributed by atoms with van der Waals surface area (Å²) in [6, 6.07) is 7.49. The van der Waals surface area contributed by atoms with E-state index in [4.69, 9.17) is 24.2 Å². The molecule has 0 bridgehead atoms. The zero-order valence-electron chi connectivity index (χ0n) is 23.0. The maximum absolute atomic E-state index is 13.8. The van der Waals surface area contributed by atoms with Gasteiger partial charge >= 0.3 is 0 Å². The van der Waals surface area contributed by atoms with Gasteiger partial charge in [0.2, 0.25) is 12.4 Å². The van der Waals surface area contributed by atoms with Gasteiger partial charge in [0, 0.05) is 24.2 Å². The summed E-state index contributed by atoms with van der Waals surface area (Å²) in [7, 11) is 4.07. The number of H-pyrrole nitrogens is 1. The number of morpholine rings is 1. The van der Waals surface area contributed by atoms with Crippen molar-refractivity contribution < 1.29 is 23.4 Å². The molecule has 1 amide bonds. The second-order valence-electron chi connectivity index (χ2n) is 10.5. The highest BCUT2D eigenvalue weighted by molar-refractivity contribution is 5.77. The molecule has 12 heteroatoms. The Morgan fingerprint density at radius 3 is 2.65 bits per heavy atom. The van der Waals surface area contributed by atoms with Crippen molar-refractivity contribution in [2.24, 2.45) is 5.92 Å². The summed E-state index contributed by atoms with van der Waals surface area (Å²) < 4.78 is 31.3. The van der Waals surface area contributed by atoms with Crippen molar-refractivity contribution in [3.8, 4) is 22.6 Å². The van der Waals surface area contributed by atoms with Gasteiger partial charge in [0.05, 0.1) is 49.0 Å². The van der Waals surface area contributed by atoms with Gasteiger partial charge in [-0.1, -0.05) is 0 Å². The van der Waals surface area contributed by atoms with Crippen LogP contribution in [0.2, 0.25) is 0 Å². The number of imidazole rings is 1. The first-order valence-corrected chi connectivity index (χ1v) is 13.5. The molecular formula is C28H36FN7O4. The fourth-order valence-electron chi connectivity index (χ4n) is 5.19. The van der Waals surface area contributed by atoms with E-state index in [9.17, 15) is 9.18 Å². The SMILES string of the molecule is CC1COC(c2nc(-c3ccc(F)cc3)c(-c3ccnc(NCCCN(C)C)n3)[nH]2)C(C2COCOC2)N1C=O. The standard InChI is InChI=1S/C28H36FN7O4/c1-18-13-40-26(25(36(18)16-37)20-14-38-17-39-15-20)27-33-23(19-5-7-21(29)8-6-19)24(34-27)22-9-11-31-28(32-22)30-10-4-12-35(2)3/h5-9,11,16,18,20,25-26H,4,10,12-15,17H2,1-3H3,(H,33,34)(H,30,31,32). The molecule has 2 aliphatic rings. The second-order valence-corrected chi connectivity index (χ2v) is 10.5. The smallest absolute Gasteiger partial charge is 0.223 e. The van der Waals surface area contributed by atoms with Gasteiger partial charge in [0.1, 0.15) is 24.5 Å². The lowest BCUT2D eigenvalue weighted by molar-refractivity contribution is -0.184. The molecule has 0 saturated carbocycles. The van der Waals surface area contributed by atoms with Crippen LogP contribution in [-0.2, 0) is 19.0 Å². The fourth-order valence-corrected chi connectivity index (χ4v) is 5.19.